The number of nitrogens with zero attached hydrogens (tertiary/aromatic N) is 5. The van der Waals surface area contributed by atoms with E-state index in [-0.39, 0.29) is 23.4 Å². The molecular formula is C28H31FN6O3. The van der Waals surface area contributed by atoms with Crippen molar-refractivity contribution in [2.75, 3.05) is 63.5 Å². The molecule has 5 rings (SSSR count). The fourth-order valence-corrected chi connectivity index (χ4v) is 5.04. The van der Waals surface area contributed by atoms with Gasteiger partial charge in [0.05, 0.1) is 47.2 Å². The van der Waals surface area contributed by atoms with Crippen LogP contribution in [0.3, 0.4) is 0 Å². The highest BCUT2D eigenvalue weighted by atomic mass is 19.1. The lowest BCUT2D eigenvalue weighted by Gasteiger charge is -2.23. The first-order valence-corrected chi connectivity index (χ1v) is 12.4. The second-order valence-corrected chi connectivity index (χ2v) is 9.81. The highest BCUT2D eigenvalue weighted by molar-refractivity contribution is 6.13. The molecule has 1 fully saturated rings. The summed E-state index contributed by atoms with van der Waals surface area (Å²) in [5.74, 6) is -0.375. The van der Waals surface area contributed by atoms with E-state index >= 15 is 4.39 Å². The number of aromatic nitrogens is 1. The first kappa shape index (κ1) is 25.5. The lowest BCUT2D eigenvalue weighted by atomic mass is 10.1. The van der Waals surface area contributed by atoms with Gasteiger partial charge < -0.3 is 29.7 Å². The van der Waals surface area contributed by atoms with Crippen molar-refractivity contribution in [3.05, 3.63) is 65.6 Å². The summed E-state index contributed by atoms with van der Waals surface area (Å²) in [5, 5.41) is 3.13. The summed E-state index contributed by atoms with van der Waals surface area (Å²) < 4.78 is 20.8. The number of pyridine rings is 1. The molecule has 9 nitrogen and oxygen atoms in total. The topological polar surface area (TPSA) is 81.2 Å². The molecule has 2 aliphatic heterocycles. The maximum Gasteiger partial charge on any atom is 0.260 e. The number of para-hydroxylation sites is 1. The van der Waals surface area contributed by atoms with E-state index in [4.69, 9.17) is 4.74 Å². The molecule has 3 aromatic rings. The number of halogens is 1. The molecule has 2 amide bonds. The number of benzene rings is 2. The third kappa shape index (κ3) is 4.41. The maximum atomic E-state index is 15.3. The molecule has 0 aliphatic carbocycles. The van der Waals surface area contributed by atoms with E-state index in [1.165, 1.54) is 19.2 Å². The van der Waals surface area contributed by atoms with Gasteiger partial charge in [-0.3, -0.25) is 9.59 Å². The monoisotopic (exact) mass is 518 g/mol. The molecule has 0 saturated carbocycles. The van der Waals surface area contributed by atoms with Gasteiger partial charge in [0.25, 0.3) is 11.8 Å². The normalized spacial score (nSPS) is 16.9. The van der Waals surface area contributed by atoms with Crippen molar-refractivity contribution in [3.63, 3.8) is 0 Å². The second-order valence-electron chi connectivity index (χ2n) is 9.81. The van der Waals surface area contributed by atoms with Crippen LogP contribution in [0.5, 0.6) is 5.75 Å². The van der Waals surface area contributed by atoms with Crippen molar-refractivity contribution in [1.29, 1.82) is 0 Å². The van der Waals surface area contributed by atoms with Crippen molar-refractivity contribution in [1.82, 2.24) is 14.8 Å². The molecular weight excluding hydrogens is 487 g/mol. The maximum absolute atomic E-state index is 15.3. The summed E-state index contributed by atoms with van der Waals surface area (Å²) in [4.78, 5) is 37.9. The van der Waals surface area contributed by atoms with Crippen LogP contribution in [-0.4, -0.2) is 81.0 Å². The number of methoxy groups -OCH3 is 1. The molecule has 10 heteroatoms. The highest BCUT2D eigenvalue weighted by Crippen LogP contribution is 2.40. The van der Waals surface area contributed by atoms with Gasteiger partial charge in [0, 0.05) is 45.4 Å². The molecule has 1 N–H and O–H groups in total. The molecule has 0 bridgehead atoms. The number of rotatable bonds is 5. The first-order valence-electron chi connectivity index (χ1n) is 12.4. The van der Waals surface area contributed by atoms with Crippen molar-refractivity contribution in [2.24, 2.45) is 0 Å². The Kier molecular flexibility index (Phi) is 6.66. The van der Waals surface area contributed by atoms with Gasteiger partial charge in [0.15, 0.2) is 0 Å². The Bertz CT molecular complexity index is 1410. The number of nitrogens with one attached hydrogen (secondary N) is 1. The number of anilines is 5. The Morgan fingerprint density at radius 3 is 2.58 bits per heavy atom. The fraction of sp³-hybridized carbons (Fsp3) is 0.321. The summed E-state index contributed by atoms with van der Waals surface area (Å²) in [6, 6.07) is 12.1. The Labute approximate surface area is 221 Å². The van der Waals surface area contributed by atoms with Gasteiger partial charge >= 0.3 is 0 Å². The van der Waals surface area contributed by atoms with Gasteiger partial charge in [0.2, 0.25) is 0 Å². The number of ether oxygens (including phenoxy) is 1. The quantitative estimate of drug-likeness (QED) is 0.545. The Hall–Kier alpha value is -4.18. The van der Waals surface area contributed by atoms with Crippen LogP contribution < -0.4 is 19.9 Å². The Morgan fingerprint density at radius 2 is 1.87 bits per heavy atom. The fourth-order valence-electron chi connectivity index (χ4n) is 5.04. The van der Waals surface area contributed by atoms with Crippen LogP contribution in [-0.2, 0) is 0 Å². The van der Waals surface area contributed by atoms with E-state index < -0.39 is 5.82 Å². The molecule has 1 aromatic heterocycles. The number of hydrogen-bond donors (Lipinski definition) is 1. The minimum Gasteiger partial charge on any atom is -0.495 e. The Balaban J connectivity index is 1.45. The van der Waals surface area contributed by atoms with E-state index in [2.05, 4.69) is 15.2 Å². The number of hydrogen-bond acceptors (Lipinski definition) is 7. The van der Waals surface area contributed by atoms with E-state index in [1.54, 1.807) is 35.2 Å². The molecule has 1 saturated heterocycles. The Morgan fingerprint density at radius 1 is 1.11 bits per heavy atom. The summed E-state index contributed by atoms with van der Waals surface area (Å²) in [6.45, 7) is 1.14. The number of fused-ring (bicyclic) bond motifs is 2. The molecule has 3 heterocycles. The van der Waals surface area contributed by atoms with Crippen LogP contribution in [0.25, 0.3) is 0 Å². The van der Waals surface area contributed by atoms with Crippen LogP contribution in [0, 0.1) is 5.82 Å². The number of carbonyl (C=O) groups is 2. The first-order chi connectivity index (χ1) is 18.2. The number of likely N-dealkylation sites (N-methyl/N-ethyl adjacent to an activating group) is 1. The van der Waals surface area contributed by atoms with E-state index in [0.29, 0.717) is 41.6 Å². The van der Waals surface area contributed by atoms with Crippen LogP contribution in [0.15, 0.2) is 48.7 Å². The molecule has 1 unspecified atom stereocenters. The van der Waals surface area contributed by atoms with Gasteiger partial charge in [-0.2, -0.15) is 0 Å². The standard InChI is InChI=1S/C28H31FN6O3/c1-32(2)17-10-11-35(16-17)28(37)19-12-25(38-5)21(13-20(19)29)31-26-14-23-24(15-30-26)34(4)27(36)18-8-6-7-9-22(18)33(23)3/h6-9,12-15,17H,10-11,16H2,1-5H3,(H,30,31). The average Bonchev–Trinajstić information content (AvgIpc) is 3.40. The van der Waals surface area contributed by atoms with E-state index in [1.807, 2.05) is 44.2 Å². The molecule has 198 valence electrons. The predicted octanol–water partition coefficient (Wildman–Crippen LogP) is 4.11. The second kappa shape index (κ2) is 9.94. The third-order valence-corrected chi connectivity index (χ3v) is 7.35. The average molecular weight is 519 g/mol. The highest BCUT2D eigenvalue weighted by Gasteiger charge is 2.31. The zero-order valence-corrected chi connectivity index (χ0v) is 22.2. The van der Waals surface area contributed by atoms with Gasteiger partial charge in [-0.15, -0.1) is 0 Å². The zero-order valence-electron chi connectivity index (χ0n) is 22.2. The van der Waals surface area contributed by atoms with Crippen LogP contribution in [0.2, 0.25) is 0 Å². The van der Waals surface area contributed by atoms with Gasteiger partial charge in [-0.25, -0.2) is 9.37 Å². The van der Waals surface area contributed by atoms with Gasteiger partial charge in [0.1, 0.15) is 17.4 Å². The molecule has 38 heavy (non-hydrogen) atoms. The summed E-state index contributed by atoms with van der Waals surface area (Å²) in [5.41, 5.74) is 3.05. The molecule has 2 aromatic carbocycles. The van der Waals surface area contributed by atoms with Crippen LogP contribution in [0.4, 0.5) is 33.0 Å². The molecule has 2 aliphatic rings. The lowest BCUT2D eigenvalue weighted by molar-refractivity contribution is 0.0778. The SMILES string of the molecule is COc1cc(C(=O)N2CCC(N(C)C)C2)c(F)cc1Nc1cc2c(cn1)N(C)C(=O)c1ccccc1N2C. The van der Waals surface area contributed by atoms with E-state index in [9.17, 15) is 9.59 Å². The summed E-state index contributed by atoms with van der Waals surface area (Å²) >= 11 is 0. The molecule has 1 atom stereocenters. The molecule has 0 radical (unpaired) electrons. The summed E-state index contributed by atoms with van der Waals surface area (Å²) in [7, 11) is 9.02. The van der Waals surface area contributed by atoms with E-state index in [0.717, 1.165) is 17.8 Å². The number of likely N-dealkylation sites (tertiary alicyclic amines) is 1. The van der Waals surface area contributed by atoms with Crippen molar-refractivity contribution >= 4 is 40.4 Å². The van der Waals surface area contributed by atoms with Crippen molar-refractivity contribution in [3.8, 4) is 5.75 Å². The third-order valence-electron chi connectivity index (χ3n) is 7.35. The van der Waals surface area contributed by atoms with Crippen LogP contribution >= 0.6 is 0 Å². The van der Waals surface area contributed by atoms with Crippen molar-refractivity contribution < 1.29 is 18.7 Å². The zero-order chi connectivity index (χ0) is 27.1. The van der Waals surface area contributed by atoms with Crippen LogP contribution in [0.1, 0.15) is 27.1 Å². The largest absolute Gasteiger partial charge is 0.495 e. The van der Waals surface area contributed by atoms with Gasteiger partial charge in [-0.1, -0.05) is 12.1 Å². The molecule has 0 spiro atoms. The van der Waals surface area contributed by atoms with Crippen molar-refractivity contribution in [2.45, 2.75) is 12.5 Å². The number of amides is 2. The summed E-state index contributed by atoms with van der Waals surface area (Å²) in [6.07, 6.45) is 2.45. The minimum absolute atomic E-state index is 0.0295. The smallest absolute Gasteiger partial charge is 0.260 e. The van der Waals surface area contributed by atoms with Gasteiger partial charge in [-0.05, 0) is 38.7 Å². The number of carbonyl (C=O) groups excluding carboxylic acids is 2. The predicted molar refractivity (Wildman–Crippen MR) is 146 cm³/mol. The lowest BCUT2D eigenvalue weighted by Crippen LogP contribution is -2.34. The minimum atomic E-state index is -0.641.